The third kappa shape index (κ3) is 2.57. The predicted octanol–water partition coefficient (Wildman–Crippen LogP) is 1.47. The first-order valence-corrected chi connectivity index (χ1v) is 6.74. The van der Waals surface area contributed by atoms with Crippen molar-refractivity contribution >= 4 is 23.4 Å². The summed E-state index contributed by atoms with van der Waals surface area (Å²) in [5.74, 6) is 3.49. The highest BCUT2D eigenvalue weighted by atomic mass is 32.2. The van der Waals surface area contributed by atoms with E-state index >= 15 is 0 Å². The van der Waals surface area contributed by atoms with E-state index in [0.29, 0.717) is 5.25 Å². The normalized spacial score (nSPS) is 20.2. The Morgan fingerprint density at radius 3 is 3.00 bits per heavy atom. The lowest BCUT2D eigenvalue weighted by atomic mass is 10.3. The van der Waals surface area contributed by atoms with Crippen LogP contribution in [0.2, 0.25) is 0 Å². The molecule has 94 valence electrons. The molecule has 0 amide bonds. The van der Waals surface area contributed by atoms with Gasteiger partial charge in [-0.15, -0.1) is 0 Å². The molecule has 1 atom stereocenters. The van der Waals surface area contributed by atoms with E-state index in [1.165, 1.54) is 0 Å². The molecule has 1 saturated heterocycles. The van der Waals surface area contributed by atoms with Crippen LogP contribution in [0.3, 0.4) is 0 Å². The molecule has 0 bridgehead atoms. The van der Waals surface area contributed by atoms with Gasteiger partial charge in [-0.3, -0.25) is 0 Å². The number of anilines is 2. The number of ether oxygens (including phenoxy) is 1. The van der Waals surface area contributed by atoms with Crippen LogP contribution in [0.25, 0.3) is 0 Å². The van der Waals surface area contributed by atoms with Crippen LogP contribution in [0.5, 0.6) is 5.75 Å². The lowest BCUT2D eigenvalue weighted by molar-refractivity contribution is 0.412. The summed E-state index contributed by atoms with van der Waals surface area (Å²) in [5.41, 5.74) is 0. The van der Waals surface area contributed by atoms with Gasteiger partial charge in [0.15, 0.2) is 11.6 Å². The Hall–Kier alpha value is -1.17. The number of hydrogen-bond donors (Lipinski definition) is 1. The zero-order chi connectivity index (χ0) is 12.3. The summed E-state index contributed by atoms with van der Waals surface area (Å²) in [4.78, 5) is 10.8. The largest absolute Gasteiger partial charge is 0.490 e. The van der Waals surface area contributed by atoms with Gasteiger partial charge in [0.05, 0.1) is 7.11 Å². The molecule has 2 heterocycles. The summed E-state index contributed by atoms with van der Waals surface area (Å²) in [6, 6.07) is 0. The summed E-state index contributed by atoms with van der Waals surface area (Å²) in [6.45, 7) is 4.25. The number of nitrogens with zero attached hydrogens (tertiary/aromatic N) is 3. The van der Waals surface area contributed by atoms with E-state index in [0.717, 1.165) is 36.2 Å². The molecule has 0 aliphatic carbocycles. The Bertz CT molecular complexity index is 388. The molecule has 1 aromatic heterocycles. The topological polar surface area (TPSA) is 50.3 Å². The van der Waals surface area contributed by atoms with E-state index in [2.05, 4.69) is 27.1 Å². The van der Waals surface area contributed by atoms with Crippen LogP contribution in [0.1, 0.15) is 6.92 Å². The predicted molar refractivity (Wildman–Crippen MR) is 72.3 cm³/mol. The maximum Gasteiger partial charge on any atom is 0.204 e. The van der Waals surface area contributed by atoms with Crippen molar-refractivity contribution < 1.29 is 4.74 Å². The molecular formula is C11H18N4OS. The molecule has 1 unspecified atom stereocenters. The number of rotatable bonds is 3. The van der Waals surface area contributed by atoms with E-state index in [-0.39, 0.29) is 0 Å². The molecule has 1 N–H and O–H groups in total. The Kier molecular flexibility index (Phi) is 3.93. The van der Waals surface area contributed by atoms with Crippen molar-refractivity contribution in [3.05, 3.63) is 6.33 Å². The van der Waals surface area contributed by atoms with Crippen molar-refractivity contribution in [2.75, 3.05) is 43.2 Å². The van der Waals surface area contributed by atoms with Crippen LogP contribution in [0.4, 0.5) is 11.6 Å². The highest BCUT2D eigenvalue weighted by Crippen LogP contribution is 2.33. The van der Waals surface area contributed by atoms with Gasteiger partial charge in [0.1, 0.15) is 6.33 Å². The van der Waals surface area contributed by atoms with Crippen LogP contribution < -0.4 is 15.0 Å². The van der Waals surface area contributed by atoms with Crippen LogP contribution in [0.15, 0.2) is 6.33 Å². The fourth-order valence-corrected chi connectivity index (χ4v) is 2.98. The summed E-state index contributed by atoms with van der Waals surface area (Å²) in [6.07, 6.45) is 1.58. The average molecular weight is 254 g/mol. The van der Waals surface area contributed by atoms with Gasteiger partial charge in [-0.1, -0.05) is 6.92 Å². The van der Waals surface area contributed by atoms with Crippen LogP contribution in [-0.2, 0) is 0 Å². The van der Waals surface area contributed by atoms with Crippen LogP contribution in [-0.4, -0.2) is 48.2 Å². The van der Waals surface area contributed by atoms with Gasteiger partial charge in [0.2, 0.25) is 5.75 Å². The van der Waals surface area contributed by atoms with Gasteiger partial charge in [0, 0.05) is 31.1 Å². The smallest absolute Gasteiger partial charge is 0.204 e. The van der Waals surface area contributed by atoms with Crippen LogP contribution >= 0.6 is 11.8 Å². The molecular weight excluding hydrogens is 236 g/mol. The molecule has 17 heavy (non-hydrogen) atoms. The van der Waals surface area contributed by atoms with Gasteiger partial charge in [-0.25, -0.2) is 9.97 Å². The van der Waals surface area contributed by atoms with E-state index in [9.17, 15) is 0 Å². The van der Waals surface area contributed by atoms with E-state index in [1.807, 2.05) is 18.8 Å². The highest BCUT2D eigenvalue weighted by Gasteiger charge is 2.22. The van der Waals surface area contributed by atoms with Gasteiger partial charge in [0.25, 0.3) is 0 Å². The minimum Gasteiger partial charge on any atom is -0.490 e. The van der Waals surface area contributed by atoms with Gasteiger partial charge in [-0.05, 0) is 0 Å². The maximum atomic E-state index is 5.42. The summed E-state index contributed by atoms with van der Waals surface area (Å²) in [7, 11) is 3.49. The molecule has 1 fully saturated rings. The minimum atomic E-state index is 0.626. The molecule has 0 radical (unpaired) electrons. The summed E-state index contributed by atoms with van der Waals surface area (Å²) in [5, 5.41) is 3.66. The van der Waals surface area contributed by atoms with Gasteiger partial charge >= 0.3 is 0 Å². The zero-order valence-electron chi connectivity index (χ0n) is 10.4. The molecule has 0 aromatic carbocycles. The van der Waals surface area contributed by atoms with Crippen LogP contribution in [0, 0.1) is 0 Å². The van der Waals surface area contributed by atoms with Gasteiger partial charge in [-0.2, -0.15) is 11.8 Å². The molecule has 0 spiro atoms. The average Bonchev–Trinajstić information content (AvgIpc) is 2.37. The van der Waals surface area contributed by atoms with Gasteiger partial charge < -0.3 is 15.0 Å². The second-order valence-corrected chi connectivity index (χ2v) is 5.50. The lowest BCUT2D eigenvalue weighted by Crippen LogP contribution is -2.37. The summed E-state index contributed by atoms with van der Waals surface area (Å²) < 4.78 is 5.42. The Morgan fingerprint density at radius 2 is 2.35 bits per heavy atom. The molecule has 1 aliphatic heterocycles. The standard InChI is InChI=1S/C11H18N4OS/c1-8-6-15(4-5-17-8)11-9(16-3)10(12-2)13-7-14-11/h7-8H,4-6H2,1-3H3,(H,12,13,14). The Labute approximate surface area is 106 Å². The number of hydrogen-bond acceptors (Lipinski definition) is 6. The molecule has 6 heteroatoms. The van der Waals surface area contributed by atoms with Crippen molar-refractivity contribution in [1.29, 1.82) is 0 Å². The van der Waals surface area contributed by atoms with Crippen molar-refractivity contribution in [2.24, 2.45) is 0 Å². The number of thioether (sulfide) groups is 1. The Morgan fingerprint density at radius 1 is 1.53 bits per heavy atom. The first kappa shape index (κ1) is 12.3. The molecule has 5 nitrogen and oxygen atoms in total. The van der Waals surface area contributed by atoms with Crippen molar-refractivity contribution in [3.63, 3.8) is 0 Å². The summed E-state index contributed by atoms with van der Waals surface area (Å²) >= 11 is 2.00. The van der Waals surface area contributed by atoms with E-state index < -0.39 is 0 Å². The minimum absolute atomic E-state index is 0.626. The highest BCUT2D eigenvalue weighted by molar-refractivity contribution is 8.00. The Balaban J connectivity index is 2.30. The quantitative estimate of drug-likeness (QED) is 0.881. The number of nitrogens with one attached hydrogen (secondary N) is 1. The number of methoxy groups -OCH3 is 1. The molecule has 2 rings (SSSR count). The van der Waals surface area contributed by atoms with E-state index in [4.69, 9.17) is 4.74 Å². The third-order valence-corrected chi connectivity index (χ3v) is 3.90. The first-order chi connectivity index (χ1) is 8.26. The molecule has 1 aliphatic rings. The first-order valence-electron chi connectivity index (χ1n) is 5.69. The second-order valence-electron chi connectivity index (χ2n) is 3.96. The lowest BCUT2D eigenvalue weighted by Gasteiger charge is -2.32. The fourth-order valence-electron chi connectivity index (χ4n) is 1.97. The molecule has 1 aromatic rings. The SMILES string of the molecule is CNc1ncnc(N2CCSC(C)C2)c1OC. The molecule has 0 saturated carbocycles. The van der Waals surface area contributed by atoms with Crippen molar-refractivity contribution in [1.82, 2.24) is 9.97 Å². The second kappa shape index (κ2) is 5.44. The van der Waals surface area contributed by atoms with Crippen molar-refractivity contribution in [2.45, 2.75) is 12.2 Å². The zero-order valence-corrected chi connectivity index (χ0v) is 11.3. The van der Waals surface area contributed by atoms with Crippen molar-refractivity contribution in [3.8, 4) is 5.75 Å². The monoisotopic (exact) mass is 254 g/mol. The number of aromatic nitrogens is 2. The third-order valence-electron chi connectivity index (χ3n) is 2.77. The maximum absolute atomic E-state index is 5.42. The fraction of sp³-hybridized carbons (Fsp3) is 0.636. The van der Waals surface area contributed by atoms with E-state index in [1.54, 1.807) is 13.4 Å².